The highest BCUT2D eigenvalue weighted by Gasteiger charge is 2.16. The Hall–Kier alpha value is -1.28. The number of aromatic nitrogens is 2. The Bertz CT molecular complexity index is 915. The van der Waals surface area contributed by atoms with Gasteiger partial charge in [-0.3, -0.25) is 0 Å². The molecule has 32 heavy (non-hydrogen) atoms. The maximum atomic E-state index is 12.5. The van der Waals surface area contributed by atoms with Crippen molar-refractivity contribution in [2.24, 2.45) is 7.05 Å². The number of nitrogens with zero attached hydrogens (tertiary/aromatic N) is 2. The van der Waals surface area contributed by atoms with Crippen molar-refractivity contribution < 1.29 is 13.2 Å². The third kappa shape index (κ3) is 8.93. The molecule has 0 aliphatic heterocycles. The molecule has 0 aliphatic rings. The van der Waals surface area contributed by atoms with Crippen LogP contribution in [-0.2, 0) is 17.1 Å². The summed E-state index contributed by atoms with van der Waals surface area (Å²) in [5.41, 5.74) is 0. The van der Waals surface area contributed by atoms with Crippen LogP contribution < -0.4 is 9.46 Å². The summed E-state index contributed by atoms with van der Waals surface area (Å²) in [6.45, 7) is 2.68. The molecule has 0 aliphatic carbocycles. The lowest BCUT2D eigenvalue weighted by Crippen LogP contribution is -2.24. The van der Waals surface area contributed by atoms with Crippen molar-refractivity contribution in [2.45, 2.75) is 82.4 Å². The first-order chi connectivity index (χ1) is 15.3. The van der Waals surface area contributed by atoms with E-state index in [0.717, 1.165) is 19.3 Å². The van der Waals surface area contributed by atoms with Gasteiger partial charge in [0.1, 0.15) is 10.8 Å². The number of unbranched alkanes of at least 4 members (excludes halogenated alkanes) is 10. The topological polar surface area (TPSA) is 73.2 Å². The van der Waals surface area contributed by atoms with Crippen LogP contribution in [0, 0.1) is 0 Å². The average molecular weight is 505 g/mol. The summed E-state index contributed by atoms with van der Waals surface area (Å²) in [5, 5.41) is 4.32. The van der Waals surface area contributed by atoms with Crippen LogP contribution >= 0.6 is 23.2 Å². The lowest BCUT2D eigenvalue weighted by atomic mass is 10.1. The molecule has 1 N–H and O–H groups in total. The molecule has 0 unspecified atom stereocenters. The van der Waals surface area contributed by atoms with Crippen molar-refractivity contribution in [3.63, 3.8) is 0 Å². The summed E-state index contributed by atoms with van der Waals surface area (Å²) in [6.07, 6.45) is 13.6. The van der Waals surface area contributed by atoms with Crippen molar-refractivity contribution in [3.05, 3.63) is 34.4 Å². The minimum absolute atomic E-state index is 0.148. The lowest BCUT2D eigenvalue weighted by Gasteiger charge is -2.09. The summed E-state index contributed by atoms with van der Waals surface area (Å²) in [5.74, 6) is 0.734. The minimum Gasteiger partial charge on any atom is -0.438 e. The summed E-state index contributed by atoms with van der Waals surface area (Å²) < 4.78 is 34.8. The van der Waals surface area contributed by atoms with Gasteiger partial charge in [0, 0.05) is 13.6 Å². The number of ether oxygens (including phenoxy) is 1. The van der Waals surface area contributed by atoms with Crippen molar-refractivity contribution >= 4 is 33.2 Å². The number of hydrogen-bond donors (Lipinski definition) is 1. The highest BCUT2D eigenvalue weighted by atomic mass is 35.5. The van der Waals surface area contributed by atoms with E-state index in [9.17, 15) is 8.42 Å². The fourth-order valence-corrected chi connectivity index (χ4v) is 4.91. The number of sulfonamides is 1. The number of nitrogens with one attached hydrogen (secondary N) is 1. The third-order valence-corrected chi connectivity index (χ3v) is 7.50. The van der Waals surface area contributed by atoms with Gasteiger partial charge in [-0.25, -0.2) is 17.8 Å². The standard InChI is InChI=1S/C23H35Cl2N3O3S/c1-3-4-5-6-7-8-9-10-11-12-13-18-26-32(29,30)20-16-14-19(15-17-20)31-23-21(24)22(25)27-28(23)2/h14-17,26H,3-13,18H2,1-2H3. The van der Waals surface area contributed by atoms with Gasteiger partial charge < -0.3 is 4.74 Å². The van der Waals surface area contributed by atoms with E-state index >= 15 is 0 Å². The summed E-state index contributed by atoms with van der Waals surface area (Å²) in [7, 11) is -1.89. The molecule has 180 valence electrons. The Morgan fingerprint density at radius 2 is 1.44 bits per heavy atom. The van der Waals surface area contributed by atoms with Gasteiger partial charge >= 0.3 is 0 Å². The SMILES string of the molecule is CCCCCCCCCCCCCNS(=O)(=O)c1ccc(Oc2c(Cl)c(Cl)nn2C)cc1. The first-order valence-electron chi connectivity index (χ1n) is 11.5. The Balaban J connectivity index is 1.66. The predicted molar refractivity (Wildman–Crippen MR) is 131 cm³/mol. The smallest absolute Gasteiger partial charge is 0.240 e. The van der Waals surface area contributed by atoms with E-state index in [2.05, 4.69) is 16.7 Å². The highest BCUT2D eigenvalue weighted by molar-refractivity contribution is 7.89. The molecular formula is C23H35Cl2N3O3S. The van der Waals surface area contributed by atoms with E-state index in [1.165, 1.54) is 68.2 Å². The molecule has 0 atom stereocenters. The predicted octanol–water partition coefficient (Wildman–Crippen LogP) is 7.11. The van der Waals surface area contributed by atoms with Crippen LogP contribution in [0.15, 0.2) is 29.2 Å². The van der Waals surface area contributed by atoms with Crippen LogP contribution in [0.5, 0.6) is 11.6 Å². The van der Waals surface area contributed by atoms with Crippen LogP contribution in [0.2, 0.25) is 10.2 Å². The quantitative estimate of drug-likeness (QED) is 0.247. The Labute approximate surface area is 202 Å². The third-order valence-electron chi connectivity index (χ3n) is 5.32. The molecule has 0 saturated carbocycles. The molecule has 0 saturated heterocycles. The Morgan fingerprint density at radius 1 is 0.906 bits per heavy atom. The average Bonchev–Trinajstić information content (AvgIpc) is 3.01. The van der Waals surface area contributed by atoms with Gasteiger partial charge in [0.2, 0.25) is 15.9 Å². The van der Waals surface area contributed by atoms with Gasteiger partial charge in [0.15, 0.2) is 5.15 Å². The van der Waals surface area contributed by atoms with Gasteiger partial charge in [0.25, 0.3) is 0 Å². The monoisotopic (exact) mass is 503 g/mol. The maximum Gasteiger partial charge on any atom is 0.240 e. The molecule has 1 aromatic heterocycles. The van der Waals surface area contributed by atoms with Gasteiger partial charge in [-0.2, -0.15) is 5.10 Å². The second-order valence-electron chi connectivity index (χ2n) is 8.04. The molecular weight excluding hydrogens is 469 g/mol. The first-order valence-corrected chi connectivity index (χ1v) is 13.7. The van der Waals surface area contributed by atoms with Crippen LogP contribution in [0.4, 0.5) is 0 Å². The van der Waals surface area contributed by atoms with Crippen molar-refractivity contribution in [2.75, 3.05) is 6.54 Å². The van der Waals surface area contributed by atoms with Crippen molar-refractivity contribution in [1.82, 2.24) is 14.5 Å². The number of rotatable bonds is 16. The van der Waals surface area contributed by atoms with Gasteiger partial charge in [-0.15, -0.1) is 0 Å². The molecule has 1 heterocycles. The molecule has 0 bridgehead atoms. The van der Waals surface area contributed by atoms with E-state index < -0.39 is 10.0 Å². The van der Waals surface area contributed by atoms with Crippen molar-refractivity contribution in [3.8, 4) is 11.6 Å². The molecule has 0 radical (unpaired) electrons. The van der Waals surface area contributed by atoms with E-state index in [0.29, 0.717) is 18.2 Å². The van der Waals surface area contributed by atoms with Crippen LogP contribution in [0.25, 0.3) is 0 Å². The summed E-state index contributed by atoms with van der Waals surface area (Å²) in [6, 6.07) is 6.16. The van der Waals surface area contributed by atoms with E-state index in [1.807, 2.05) is 0 Å². The van der Waals surface area contributed by atoms with E-state index in [-0.39, 0.29) is 15.1 Å². The van der Waals surface area contributed by atoms with Gasteiger partial charge in [-0.1, -0.05) is 94.3 Å². The zero-order valence-electron chi connectivity index (χ0n) is 19.1. The molecule has 1 aromatic carbocycles. The van der Waals surface area contributed by atoms with Crippen LogP contribution in [0.3, 0.4) is 0 Å². The fraction of sp³-hybridized carbons (Fsp3) is 0.609. The van der Waals surface area contributed by atoms with Gasteiger partial charge in [-0.05, 0) is 30.7 Å². The second kappa shape index (κ2) is 14.1. The van der Waals surface area contributed by atoms with Gasteiger partial charge in [0.05, 0.1) is 4.90 Å². The highest BCUT2D eigenvalue weighted by Crippen LogP contribution is 2.34. The normalized spacial score (nSPS) is 11.8. The molecule has 0 fully saturated rings. The summed E-state index contributed by atoms with van der Waals surface area (Å²) >= 11 is 11.9. The first kappa shape index (κ1) is 27.0. The number of benzene rings is 1. The molecule has 0 amide bonds. The van der Waals surface area contributed by atoms with Crippen LogP contribution in [0.1, 0.15) is 77.6 Å². The van der Waals surface area contributed by atoms with E-state index in [1.54, 1.807) is 19.2 Å². The lowest BCUT2D eigenvalue weighted by molar-refractivity contribution is 0.430. The number of hydrogen-bond acceptors (Lipinski definition) is 4. The number of aryl methyl sites for hydroxylation is 1. The Kier molecular flexibility index (Phi) is 11.9. The molecule has 2 rings (SSSR count). The van der Waals surface area contributed by atoms with E-state index in [4.69, 9.17) is 27.9 Å². The zero-order valence-corrected chi connectivity index (χ0v) is 21.4. The summed E-state index contributed by atoms with van der Waals surface area (Å²) in [4.78, 5) is 0.196. The molecule has 0 spiro atoms. The Morgan fingerprint density at radius 3 is 1.94 bits per heavy atom. The second-order valence-corrected chi connectivity index (χ2v) is 10.5. The van der Waals surface area contributed by atoms with Crippen molar-refractivity contribution in [1.29, 1.82) is 0 Å². The maximum absolute atomic E-state index is 12.5. The fourth-order valence-electron chi connectivity index (χ4n) is 3.44. The zero-order chi connectivity index (χ0) is 23.4. The largest absolute Gasteiger partial charge is 0.438 e. The molecule has 6 nitrogen and oxygen atoms in total. The molecule has 9 heteroatoms. The van der Waals surface area contributed by atoms with Crippen LogP contribution in [-0.4, -0.2) is 24.7 Å². The molecule has 2 aromatic rings. The number of halogens is 2. The minimum atomic E-state index is -3.54.